The largest absolute Gasteiger partial charge is 0.346 e. The number of aryl methyl sites for hydroxylation is 1. The summed E-state index contributed by atoms with van der Waals surface area (Å²) in [5, 5.41) is 0. The molecule has 2 heterocycles. The zero-order valence-corrected chi connectivity index (χ0v) is 13.1. The van der Waals surface area contributed by atoms with Gasteiger partial charge < -0.3 is 4.57 Å². The van der Waals surface area contributed by atoms with Gasteiger partial charge in [-0.15, -0.1) is 0 Å². The number of hydrogen-bond acceptors (Lipinski definition) is 2. The van der Waals surface area contributed by atoms with E-state index in [1.165, 1.54) is 0 Å². The molecule has 0 radical (unpaired) electrons. The Labute approximate surface area is 128 Å². The van der Waals surface area contributed by atoms with Crippen LogP contribution in [-0.4, -0.2) is 23.8 Å². The molecule has 1 aromatic heterocycles. The van der Waals surface area contributed by atoms with Gasteiger partial charge in [-0.1, -0.05) is 6.07 Å². The van der Waals surface area contributed by atoms with Gasteiger partial charge in [-0.3, -0.25) is 0 Å². The van der Waals surface area contributed by atoms with E-state index in [2.05, 4.69) is 0 Å². The van der Waals surface area contributed by atoms with Crippen LogP contribution >= 0.6 is 0 Å². The van der Waals surface area contributed by atoms with Gasteiger partial charge in [0.2, 0.25) is 10.0 Å². The normalized spacial score (nSPS) is 19.2. The molecule has 0 spiro atoms. The predicted octanol–water partition coefficient (Wildman–Crippen LogP) is 2.84. The highest BCUT2D eigenvalue weighted by Crippen LogP contribution is 2.33. The maximum Gasteiger partial charge on any atom is 0.249 e. The van der Waals surface area contributed by atoms with E-state index in [4.69, 9.17) is 0 Å². The molecule has 7 heteroatoms. The SMILES string of the molecule is Cc1ccc2n1CCN(S(=O)(=O)c1c(F)cccc1F)[C@@H]2C. The van der Waals surface area contributed by atoms with Crippen molar-refractivity contribution in [3.8, 4) is 0 Å². The Balaban J connectivity index is 2.08. The minimum absolute atomic E-state index is 0.180. The third kappa shape index (κ3) is 2.16. The predicted molar refractivity (Wildman–Crippen MR) is 77.8 cm³/mol. The molecule has 0 bridgehead atoms. The van der Waals surface area contributed by atoms with Crippen LogP contribution in [0.4, 0.5) is 8.78 Å². The second-order valence-electron chi connectivity index (χ2n) is 5.39. The van der Waals surface area contributed by atoms with Crippen molar-refractivity contribution in [1.82, 2.24) is 8.87 Å². The lowest BCUT2D eigenvalue weighted by Gasteiger charge is -2.34. The van der Waals surface area contributed by atoms with Gasteiger partial charge in [-0.25, -0.2) is 17.2 Å². The Morgan fingerprint density at radius 1 is 1.09 bits per heavy atom. The fourth-order valence-electron chi connectivity index (χ4n) is 2.97. The van der Waals surface area contributed by atoms with Crippen LogP contribution in [0, 0.1) is 18.6 Å². The van der Waals surface area contributed by atoms with Crippen LogP contribution in [0.15, 0.2) is 35.2 Å². The second kappa shape index (κ2) is 5.17. The summed E-state index contributed by atoms with van der Waals surface area (Å²) in [6.07, 6.45) is 0. The maximum atomic E-state index is 13.9. The lowest BCUT2D eigenvalue weighted by atomic mass is 10.2. The monoisotopic (exact) mass is 326 g/mol. The van der Waals surface area contributed by atoms with Gasteiger partial charge in [-0.05, 0) is 38.1 Å². The van der Waals surface area contributed by atoms with Crippen molar-refractivity contribution in [2.24, 2.45) is 0 Å². The van der Waals surface area contributed by atoms with Crippen molar-refractivity contribution in [3.63, 3.8) is 0 Å². The van der Waals surface area contributed by atoms with Crippen molar-refractivity contribution in [3.05, 3.63) is 53.4 Å². The number of rotatable bonds is 2. The summed E-state index contributed by atoms with van der Waals surface area (Å²) in [7, 11) is -4.24. The molecule has 118 valence electrons. The lowest BCUT2D eigenvalue weighted by Crippen LogP contribution is -2.41. The minimum Gasteiger partial charge on any atom is -0.346 e. The van der Waals surface area contributed by atoms with Crippen LogP contribution in [0.25, 0.3) is 0 Å². The molecule has 2 aromatic rings. The second-order valence-corrected chi connectivity index (χ2v) is 7.22. The molecule has 4 nitrogen and oxygen atoms in total. The molecule has 3 rings (SSSR count). The molecule has 1 aliphatic rings. The van der Waals surface area contributed by atoms with Crippen LogP contribution in [0.1, 0.15) is 24.4 Å². The standard InChI is InChI=1S/C15H16F2N2O2S/c1-10-6-7-14-11(2)19(9-8-18(10)14)22(20,21)15-12(16)4-3-5-13(15)17/h3-7,11H,8-9H2,1-2H3/t11-/m1/s1. The number of aromatic nitrogens is 1. The van der Waals surface area contributed by atoms with Crippen LogP contribution < -0.4 is 0 Å². The minimum atomic E-state index is -4.24. The number of fused-ring (bicyclic) bond motifs is 1. The van der Waals surface area contributed by atoms with E-state index >= 15 is 0 Å². The molecule has 0 unspecified atom stereocenters. The smallest absolute Gasteiger partial charge is 0.249 e. The van der Waals surface area contributed by atoms with E-state index in [1.807, 2.05) is 23.6 Å². The highest BCUT2D eigenvalue weighted by molar-refractivity contribution is 7.89. The van der Waals surface area contributed by atoms with E-state index in [0.717, 1.165) is 33.9 Å². The summed E-state index contributed by atoms with van der Waals surface area (Å²) in [4.78, 5) is -0.876. The van der Waals surface area contributed by atoms with Crippen molar-refractivity contribution in [1.29, 1.82) is 0 Å². The van der Waals surface area contributed by atoms with Crippen LogP contribution in [0.5, 0.6) is 0 Å². The van der Waals surface area contributed by atoms with Gasteiger partial charge in [0, 0.05) is 24.5 Å². The van der Waals surface area contributed by atoms with E-state index in [-0.39, 0.29) is 6.54 Å². The number of nitrogens with zero attached hydrogens (tertiary/aromatic N) is 2. The summed E-state index contributed by atoms with van der Waals surface area (Å²) in [5.41, 5.74) is 1.86. The third-order valence-corrected chi connectivity index (χ3v) is 6.14. The molecule has 1 aromatic carbocycles. The highest BCUT2D eigenvalue weighted by atomic mass is 32.2. The molecule has 0 aliphatic carbocycles. The Bertz CT molecular complexity index is 810. The Hall–Kier alpha value is -1.73. The zero-order chi connectivity index (χ0) is 16.1. The quantitative estimate of drug-likeness (QED) is 0.852. The number of benzene rings is 1. The Kier molecular flexibility index (Phi) is 3.57. The van der Waals surface area contributed by atoms with Gasteiger partial charge in [0.25, 0.3) is 0 Å². The average molecular weight is 326 g/mol. The first-order valence-corrected chi connectivity index (χ1v) is 8.40. The summed E-state index contributed by atoms with van der Waals surface area (Å²) >= 11 is 0. The van der Waals surface area contributed by atoms with Gasteiger partial charge in [0.15, 0.2) is 4.90 Å². The van der Waals surface area contributed by atoms with Gasteiger partial charge in [0.1, 0.15) is 11.6 Å². The first-order valence-electron chi connectivity index (χ1n) is 6.96. The number of sulfonamides is 1. The Morgan fingerprint density at radius 3 is 2.36 bits per heavy atom. The van der Waals surface area contributed by atoms with Crippen LogP contribution in [0.2, 0.25) is 0 Å². The molecule has 0 amide bonds. The fraction of sp³-hybridized carbons (Fsp3) is 0.333. The van der Waals surface area contributed by atoms with Gasteiger partial charge in [-0.2, -0.15) is 4.31 Å². The summed E-state index contributed by atoms with van der Waals surface area (Å²) in [6, 6.07) is 6.34. The van der Waals surface area contributed by atoms with Crippen LogP contribution in [-0.2, 0) is 16.6 Å². The molecule has 0 saturated carbocycles. The lowest BCUT2D eigenvalue weighted by molar-refractivity contribution is 0.278. The van der Waals surface area contributed by atoms with Crippen molar-refractivity contribution >= 4 is 10.0 Å². The van der Waals surface area contributed by atoms with E-state index in [0.29, 0.717) is 6.54 Å². The molecular weight excluding hydrogens is 310 g/mol. The van der Waals surface area contributed by atoms with Crippen LogP contribution in [0.3, 0.4) is 0 Å². The molecule has 1 aliphatic heterocycles. The average Bonchev–Trinajstić information content (AvgIpc) is 2.81. The van der Waals surface area contributed by atoms with Gasteiger partial charge >= 0.3 is 0 Å². The highest BCUT2D eigenvalue weighted by Gasteiger charge is 2.37. The molecule has 22 heavy (non-hydrogen) atoms. The van der Waals surface area contributed by atoms with E-state index < -0.39 is 32.6 Å². The number of hydrogen-bond donors (Lipinski definition) is 0. The maximum absolute atomic E-state index is 13.9. The topological polar surface area (TPSA) is 42.3 Å². The molecule has 0 N–H and O–H groups in total. The van der Waals surface area contributed by atoms with E-state index in [9.17, 15) is 17.2 Å². The summed E-state index contributed by atoms with van der Waals surface area (Å²) in [6.45, 7) is 4.31. The van der Waals surface area contributed by atoms with Crippen molar-refractivity contribution in [2.75, 3.05) is 6.54 Å². The first-order chi connectivity index (χ1) is 10.3. The summed E-state index contributed by atoms with van der Waals surface area (Å²) < 4.78 is 56.3. The van der Waals surface area contributed by atoms with E-state index in [1.54, 1.807) is 6.92 Å². The number of halogens is 2. The Morgan fingerprint density at radius 2 is 1.73 bits per heavy atom. The molecule has 1 atom stereocenters. The molecule has 0 fully saturated rings. The fourth-order valence-corrected chi connectivity index (χ4v) is 4.68. The van der Waals surface area contributed by atoms with Crippen molar-refractivity contribution in [2.45, 2.75) is 31.3 Å². The first kappa shape index (κ1) is 15.2. The third-order valence-electron chi connectivity index (χ3n) is 4.12. The van der Waals surface area contributed by atoms with Crippen molar-refractivity contribution < 1.29 is 17.2 Å². The van der Waals surface area contributed by atoms with Gasteiger partial charge in [0.05, 0.1) is 6.04 Å². The zero-order valence-electron chi connectivity index (χ0n) is 12.3. The summed E-state index contributed by atoms with van der Waals surface area (Å²) in [5.74, 6) is -2.13. The molecular formula is C15H16F2N2O2S. The molecule has 0 saturated heterocycles.